The van der Waals surface area contributed by atoms with Gasteiger partial charge in [0.1, 0.15) is 0 Å². The zero-order valence-electron chi connectivity index (χ0n) is 12.0. The number of carbonyl (C=O) groups excluding carboxylic acids is 1. The van der Waals surface area contributed by atoms with Gasteiger partial charge in [0.05, 0.1) is 0 Å². The first-order valence-electron chi connectivity index (χ1n) is 7.03. The summed E-state index contributed by atoms with van der Waals surface area (Å²) in [5.41, 5.74) is 4.23. The third kappa shape index (κ3) is 2.95. The van der Waals surface area contributed by atoms with Gasteiger partial charge in [-0.15, -0.1) is 0 Å². The van der Waals surface area contributed by atoms with Gasteiger partial charge in [0, 0.05) is 30.9 Å². The van der Waals surface area contributed by atoms with Crippen LogP contribution < -0.4 is 0 Å². The Morgan fingerprint density at radius 2 is 1.76 bits per heavy atom. The van der Waals surface area contributed by atoms with Gasteiger partial charge in [0.15, 0.2) is 5.78 Å². The molecule has 2 heteroatoms. The molecule has 2 bridgehead atoms. The first-order chi connectivity index (χ1) is 10.2. The summed E-state index contributed by atoms with van der Waals surface area (Å²) in [5.74, 6) is 0.0983. The molecule has 3 rings (SSSR count). The van der Waals surface area contributed by atoms with E-state index in [1.807, 2.05) is 49.7 Å². The number of fused-ring (bicyclic) bond motifs is 2. The number of likely N-dealkylation sites (N-methyl/N-ethyl adjacent to an activating group) is 1. The van der Waals surface area contributed by atoms with Crippen LogP contribution in [0.1, 0.15) is 6.42 Å². The number of carbonyl (C=O) groups is 1. The Morgan fingerprint density at radius 1 is 0.952 bits per heavy atom. The summed E-state index contributed by atoms with van der Waals surface area (Å²) < 4.78 is 0. The molecule has 0 unspecified atom stereocenters. The van der Waals surface area contributed by atoms with Gasteiger partial charge in [-0.05, 0) is 35.5 Å². The predicted molar refractivity (Wildman–Crippen MR) is 86.3 cm³/mol. The van der Waals surface area contributed by atoms with Gasteiger partial charge in [-0.1, -0.05) is 42.5 Å². The van der Waals surface area contributed by atoms with Crippen LogP contribution in [-0.2, 0) is 4.79 Å². The van der Waals surface area contributed by atoms with Crippen molar-refractivity contribution in [1.29, 1.82) is 0 Å². The monoisotopic (exact) mass is 275 g/mol. The molecule has 21 heavy (non-hydrogen) atoms. The van der Waals surface area contributed by atoms with E-state index in [4.69, 9.17) is 0 Å². The van der Waals surface area contributed by atoms with E-state index < -0.39 is 0 Å². The summed E-state index contributed by atoms with van der Waals surface area (Å²) in [6.45, 7) is 0. The van der Waals surface area contributed by atoms with E-state index in [2.05, 4.69) is 29.2 Å². The highest BCUT2D eigenvalue weighted by Gasteiger charge is 2.15. The van der Waals surface area contributed by atoms with Crippen molar-refractivity contribution in [2.75, 3.05) is 7.05 Å². The lowest BCUT2D eigenvalue weighted by Crippen LogP contribution is -2.09. The Hall–Kier alpha value is -2.61. The van der Waals surface area contributed by atoms with E-state index in [0.29, 0.717) is 6.42 Å². The first-order valence-corrected chi connectivity index (χ1v) is 7.03. The Kier molecular flexibility index (Phi) is 3.69. The number of ketones is 1. The maximum absolute atomic E-state index is 12.0. The van der Waals surface area contributed by atoms with Crippen LogP contribution in [0, 0.1) is 0 Å². The number of nitrogens with zero attached hydrogens (tertiary/aromatic N) is 1. The molecule has 2 nitrogen and oxygen atoms in total. The van der Waals surface area contributed by atoms with E-state index in [-0.39, 0.29) is 5.78 Å². The van der Waals surface area contributed by atoms with Gasteiger partial charge < -0.3 is 4.90 Å². The minimum Gasteiger partial charge on any atom is -0.351 e. The Balaban J connectivity index is 1.96. The Morgan fingerprint density at radius 3 is 2.57 bits per heavy atom. The van der Waals surface area contributed by atoms with Gasteiger partial charge in [0.25, 0.3) is 0 Å². The second-order valence-electron chi connectivity index (χ2n) is 5.17. The smallest absolute Gasteiger partial charge is 0.182 e. The predicted octanol–water partition coefficient (Wildman–Crippen LogP) is 3.76. The SMILES string of the molecule is CN1C=CC=C/C1=C/C=C1\C=CC(=O)C2=CC=CC=C1C2. The lowest BCUT2D eigenvalue weighted by atomic mass is 9.99. The van der Waals surface area contributed by atoms with Crippen molar-refractivity contribution in [3.63, 3.8) is 0 Å². The third-order valence-corrected chi connectivity index (χ3v) is 3.72. The molecule has 1 aliphatic heterocycles. The highest BCUT2D eigenvalue weighted by atomic mass is 16.1. The standard InChI is InChI=1S/C19H17NO/c1-20-13-5-4-8-18(20)11-9-15-10-12-19(21)17-7-3-2-6-16(15)14-17/h2-13H,14H2,1H3/b15-9+,18-11-. The second-order valence-corrected chi connectivity index (χ2v) is 5.17. The topological polar surface area (TPSA) is 20.3 Å². The van der Waals surface area contributed by atoms with Crippen LogP contribution in [0.4, 0.5) is 0 Å². The van der Waals surface area contributed by atoms with Crippen molar-refractivity contribution in [3.05, 3.63) is 95.5 Å². The van der Waals surface area contributed by atoms with Crippen molar-refractivity contribution in [2.45, 2.75) is 6.42 Å². The van der Waals surface area contributed by atoms with E-state index in [9.17, 15) is 4.79 Å². The molecule has 2 aliphatic carbocycles. The third-order valence-electron chi connectivity index (χ3n) is 3.72. The lowest BCUT2D eigenvalue weighted by molar-refractivity contribution is -0.111. The van der Waals surface area contributed by atoms with E-state index in [0.717, 1.165) is 16.8 Å². The fourth-order valence-electron chi connectivity index (χ4n) is 2.46. The minimum absolute atomic E-state index is 0.0983. The van der Waals surface area contributed by atoms with Crippen LogP contribution in [-0.4, -0.2) is 17.7 Å². The molecule has 0 radical (unpaired) electrons. The highest BCUT2D eigenvalue weighted by molar-refractivity contribution is 6.05. The number of allylic oxidation sites excluding steroid dienone is 14. The molecule has 3 aliphatic rings. The lowest BCUT2D eigenvalue weighted by Gasteiger charge is -2.17. The summed E-state index contributed by atoms with van der Waals surface area (Å²) in [7, 11) is 2.02. The van der Waals surface area contributed by atoms with Crippen molar-refractivity contribution in [2.24, 2.45) is 0 Å². The van der Waals surface area contributed by atoms with Gasteiger partial charge in [0.2, 0.25) is 0 Å². The van der Waals surface area contributed by atoms with Crippen LogP contribution in [0.15, 0.2) is 95.5 Å². The summed E-state index contributed by atoms with van der Waals surface area (Å²) in [6.07, 6.45) is 24.4. The molecule has 0 N–H and O–H groups in total. The fraction of sp³-hybridized carbons (Fsp3) is 0.105. The molecule has 0 amide bonds. The van der Waals surface area contributed by atoms with Gasteiger partial charge in [-0.25, -0.2) is 0 Å². The zero-order chi connectivity index (χ0) is 14.7. The molecule has 0 saturated carbocycles. The van der Waals surface area contributed by atoms with Crippen LogP contribution in [0.5, 0.6) is 0 Å². The molecule has 0 saturated heterocycles. The van der Waals surface area contributed by atoms with Crippen LogP contribution in [0.25, 0.3) is 0 Å². The molecular formula is C19H17NO. The summed E-state index contributed by atoms with van der Waals surface area (Å²) in [4.78, 5) is 14.1. The van der Waals surface area contributed by atoms with Crippen LogP contribution >= 0.6 is 0 Å². The molecule has 1 heterocycles. The fourth-order valence-corrected chi connectivity index (χ4v) is 2.46. The molecule has 0 aromatic carbocycles. The minimum atomic E-state index is 0.0983. The van der Waals surface area contributed by atoms with E-state index in [1.54, 1.807) is 6.08 Å². The molecule has 0 fully saturated rings. The Bertz CT molecular complexity index is 706. The molecule has 0 atom stereocenters. The van der Waals surface area contributed by atoms with E-state index in [1.165, 1.54) is 5.57 Å². The van der Waals surface area contributed by atoms with E-state index >= 15 is 0 Å². The first kappa shape index (κ1) is 13.4. The largest absolute Gasteiger partial charge is 0.351 e. The average molecular weight is 275 g/mol. The Labute approximate surface area is 125 Å². The highest BCUT2D eigenvalue weighted by Crippen LogP contribution is 2.27. The zero-order valence-corrected chi connectivity index (χ0v) is 12.0. The molecule has 104 valence electrons. The molecule has 0 aromatic heterocycles. The van der Waals surface area contributed by atoms with Gasteiger partial charge in [-0.3, -0.25) is 4.79 Å². The number of hydrogen-bond acceptors (Lipinski definition) is 2. The molecular weight excluding hydrogens is 258 g/mol. The van der Waals surface area contributed by atoms with Crippen molar-refractivity contribution in [1.82, 2.24) is 4.90 Å². The average Bonchev–Trinajstić information content (AvgIpc) is 2.82. The normalized spacial score (nSPS) is 24.2. The van der Waals surface area contributed by atoms with Crippen LogP contribution in [0.3, 0.4) is 0 Å². The summed E-state index contributed by atoms with van der Waals surface area (Å²) in [6, 6.07) is 0. The van der Waals surface area contributed by atoms with Crippen LogP contribution in [0.2, 0.25) is 0 Å². The quantitative estimate of drug-likeness (QED) is 0.726. The summed E-state index contributed by atoms with van der Waals surface area (Å²) in [5, 5.41) is 0. The maximum atomic E-state index is 12.0. The number of hydrogen-bond donors (Lipinski definition) is 0. The molecule has 0 spiro atoms. The van der Waals surface area contributed by atoms with Crippen molar-refractivity contribution in [3.8, 4) is 0 Å². The van der Waals surface area contributed by atoms with Crippen molar-refractivity contribution < 1.29 is 4.79 Å². The van der Waals surface area contributed by atoms with Gasteiger partial charge >= 0.3 is 0 Å². The van der Waals surface area contributed by atoms with Gasteiger partial charge in [-0.2, -0.15) is 0 Å². The van der Waals surface area contributed by atoms with Crippen molar-refractivity contribution >= 4 is 5.78 Å². The number of rotatable bonds is 1. The second kappa shape index (κ2) is 5.80. The summed E-state index contributed by atoms with van der Waals surface area (Å²) >= 11 is 0. The maximum Gasteiger partial charge on any atom is 0.182 e. The molecule has 0 aromatic rings.